The third-order valence-electron chi connectivity index (χ3n) is 1.36. The van der Waals surface area contributed by atoms with Gasteiger partial charge in [-0.3, -0.25) is 0 Å². The molecule has 1 rings (SSSR count). The van der Waals surface area contributed by atoms with E-state index in [0.29, 0.717) is 11.6 Å². The quantitative estimate of drug-likeness (QED) is 0.604. The summed E-state index contributed by atoms with van der Waals surface area (Å²) in [6.45, 7) is 2.44. The lowest BCUT2D eigenvalue weighted by atomic mass is 10.2. The summed E-state index contributed by atoms with van der Waals surface area (Å²) in [4.78, 5) is 4.82. The maximum Gasteiger partial charge on any atom is 0.114 e. The van der Waals surface area contributed by atoms with Crippen molar-refractivity contribution in [2.75, 3.05) is 6.61 Å². The van der Waals surface area contributed by atoms with E-state index < -0.39 is 0 Å². The minimum atomic E-state index is 0.560. The average Bonchev–Trinajstić information content (AvgIpc) is 2.09. The summed E-state index contributed by atoms with van der Waals surface area (Å²) in [5.74, 6) is 0. The zero-order valence-corrected chi connectivity index (χ0v) is 9.47. The molecule has 0 saturated heterocycles. The highest BCUT2D eigenvalue weighted by atomic mass is 79.9. The molecule has 0 aliphatic rings. The van der Waals surface area contributed by atoms with Gasteiger partial charge in [-0.15, -0.1) is 0 Å². The van der Waals surface area contributed by atoms with E-state index in [2.05, 4.69) is 21.1 Å². The molecule has 0 radical (unpaired) electrons. The topological polar surface area (TPSA) is 21.6 Å². The van der Waals surface area contributed by atoms with Gasteiger partial charge in [0, 0.05) is 10.0 Å². The standard InChI is InChI=1S/C9H9BrClNO/c1-2-13-12-6-7-3-4-8(10)5-9(7)11/h3-6H,2H2,1H3/b12-6+. The Morgan fingerprint density at radius 3 is 3.00 bits per heavy atom. The van der Waals surface area contributed by atoms with Crippen molar-refractivity contribution in [3.63, 3.8) is 0 Å². The van der Waals surface area contributed by atoms with Gasteiger partial charge < -0.3 is 4.84 Å². The number of halogens is 2. The molecule has 0 fully saturated rings. The van der Waals surface area contributed by atoms with Crippen LogP contribution in [0.4, 0.5) is 0 Å². The Labute approximate surface area is 90.7 Å². The van der Waals surface area contributed by atoms with Crippen LogP contribution in [0.1, 0.15) is 12.5 Å². The largest absolute Gasteiger partial charge is 0.396 e. The van der Waals surface area contributed by atoms with Crippen molar-refractivity contribution >= 4 is 33.7 Å². The molecule has 0 amide bonds. The minimum Gasteiger partial charge on any atom is -0.396 e. The molecule has 70 valence electrons. The summed E-state index contributed by atoms with van der Waals surface area (Å²) in [7, 11) is 0. The minimum absolute atomic E-state index is 0.560. The van der Waals surface area contributed by atoms with Gasteiger partial charge in [-0.25, -0.2) is 0 Å². The van der Waals surface area contributed by atoms with Crippen LogP contribution in [0.15, 0.2) is 27.8 Å². The zero-order chi connectivity index (χ0) is 9.68. The SMILES string of the molecule is CCO/N=C/c1ccc(Br)cc1Cl. The highest BCUT2D eigenvalue weighted by molar-refractivity contribution is 9.10. The molecule has 0 aliphatic heterocycles. The first-order chi connectivity index (χ1) is 6.24. The van der Waals surface area contributed by atoms with Crippen LogP contribution in [-0.4, -0.2) is 12.8 Å². The molecule has 4 heteroatoms. The smallest absolute Gasteiger partial charge is 0.114 e. The zero-order valence-electron chi connectivity index (χ0n) is 7.13. The van der Waals surface area contributed by atoms with Crippen LogP contribution in [0.3, 0.4) is 0 Å². The van der Waals surface area contributed by atoms with Gasteiger partial charge in [0.2, 0.25) is 0 Å². The molecule has 13 heavy (non-hydrogen) atoms. The summed E-state index contributed by atoms with van der Waals surface area (Å²) >= 11 is 9.25. The van der Waals surface area contributed by atoms with Gasteiger partial charge in [0.05, 0.1) is 11.2 Å². The molecule has 0 saturated carbocycles. The Morgan fingerprint density at radius 2 is 2.38 bits per heavy atom. The summed E-state index contributed by atoms with van der Waals surface area (Å²) in [5.41, 5.74) is 0.846. The van der Waals surface area contributed by atoms with Gasteiger partial charge in [0.1, 0.15) is 6.61 Å². The molecule has 0 aromatic heterocycles. The van der Waals surface area contributed by atoms with Crippen LogP contribution >= 0.6 is 27.5 Å². The maximum atomic E-state index is 5.93. The Kier molecular flexibility index (Phi) is 4.25. The van der Waals surface area contributed by atoms with Crippen molar-refractivity contribution in [2.24, 2.45) is 5.16 Å². The molecular weight excluding hydrogens is 253 g/mol. The van der Waals surface area contributed by atoms with Crippen LogP contribution in [0, 0.1) is 0 Å². The second-order valence-electron chi connectivity index (χ2n) is 2.32. The summed E-state index contributed by atoms with van der Waals surface area (Å²) in [5, 5.41) is 4.38. The predicted octanol–water partition coefficient (Wildman–Crippen LogP) is 3.47. The normalized spacial score (nSPS) is 10.7. The lowest BCUT2D eigenvalue weighted by Gasteiger charge is -1.97. The van der Waals surface area contributed by atoms with E-state index >= 15 is 0 Å². The van der Waals surface area contributed by atoms with E-state index in [-0.39, 0.29) is 0 Å². The van der Waals surface area contributed by atoms with Crippen LogP contribution in [-0.2, 0) is 4.84 Å². The van der Waals surface area contributed by atoms with Crippen molar-refractivity contribution in [3.05, 3.63) is 33.3 Å². The summed E-state index contributed by atoms with van der Waals surface area (Å²) in [6.07, 6.45) is 1.60. The van der Waals surface area contributed by atoms with E-state index in [9.17, 15) is 0 Å². The van der Waals surface area contributed by atoms with Crippen LogP contribution in [0.25, 0.3) is 0 Å². The molecule has 1 aromatic carbocycles. The van der Waals surface area contributed by atoms with Gasteiger partial charge in [-0.05, 0) is 19.1 Å². The van der Waals surface area contributed by atoms with Crippen molar-refractivity contribution in [1.29, 1.82) is 0 Å². The van der Waals surface area contributed by atoms with Crippen LogP contribution < -0.4 is 0 Å². The second-order valence-corrected chi connectivity index (χ2v) is 3.64. The molecule has 0 spiro atoms. The van der Waals surface area contributed by atoms with Gasteiger partial charge in [-0.1, -0.05) is 38.8 Å². The van der Waals surface area contributed by atoms with E-state index in [1.807, 2.05) is 25.1 Å². The lowest BCUT2D eigenvalue weighted by molar-refractivity contribution is 0.160. The predicted molar refractivity (Wildman–Crippen MR) is 58.4 cm³/mol. The Bertz CT molecular complexity index is 314. The molecule has 1 aromatic rings. The van der Waals surface area contributed by atoms with E-state index in [1.54, 1.807) is 6.21 Å². The molecule has 0 atom stereocenters. The summed E-state index contributed by atoms with van der Waals surface area (Å²) in [6, 6.07) is 5.59. The first kappa shape index (κ1) is 10.5. The molecule has 2 nitrogen and oxygen atoms in total. The lowest BCUT2D eigenvalue weighted by Crippen LogP contribution is -1.85. The number of oxime groups is 1. The molecule has 0 heterocycles. The number of hydrogen-bond donors (Lipinski definition) is 0. The van der Waals surface area contributed by atoms with Crippen molar-refractivity contribution in [1.82, 2.24) is 0 Å². The second kappa shape index (κ2) is 5.25. The highest BCUT2D eigenvalue weighted by Gasteiger charge is 1.97. The maximum absolute atomic E-state index is 5.93. The number of nitrogens with zero attached hydrogens (tertiary/aromatic N) is 1. The van der Waals surface area contributed by atoms with Crippen LogP contribution in [0.5, 0.6) is 0 Å². The van der Waals surface area contributed by atoms with Gasteiger partial charge >= 0.3 is 0 Å². The van der Waals surface area contributed by atoms with Gasteiger partial charge in [-0.2, -0.15) is 0 Å². The highest BCUT2D eigenvalue weighted by Crippen LogP contribution is 2.19. The summed E-state index contributed by atoms with van der Waals surface area (Å²) < 4.78 is 0.950. The number of hydrogen-bond acceptors (Lipinski definition) is 2. The molecular formula is C9H9BrClNO. The molecule has 0 unspecified atom stereocenters. The van der Waals surface area contributed by atoms with E-state index in [0.717, 1.165) is 10.0 Å². The first-order valence-corrected chi connectivity index (χ1v) is 5.01. The number of benzene rings is 1. The Hall–Kier alpha value is -0.540. The van der Waals surface area contributed by atoms with Crippen molar-refractivity contribution < 1.29 is 4.84 Å². The van der Waals surface area contributed by atoms with Gasteiger partial charge in [0.25, 0.3) is 0 Å². The molecule has 0 N–H and O–H groups in total. The first-order valence-electron chi connectivity index (χ1n) is 3.84. The van der Waals surface area contributed by atoms with Crippen molar-refractivity contribution in [3.8, 4) is 0 Å². The fourth-order valence-electron chi connectivity index (χ4n) is 0.775. The Balaban J connectivity index is 2.77. The van der Waals surface area contributed by atoms with Gasteiger partial charge in [0.15, 0.2) is 0 Å². The third kappa shape index (κ3) is 3.36. The van der Waals surface area contributed by atoms with E-state index in [1.165, 1.54) is 0 Å². The molecule has 0 aliphatic carbocycles. The van der Waals surface area contributed by atoms with Crippen molar-refractivity contribution in [2.45, 2.75) is 6.92 Å². The fraction of sp³-hybridized carbons (Fsp3) is 0.222. The average molecular weight is 263 g/mol. The van der Waals surface area contributed by atoms with E-state index in [4.69, 9.17) is 16.4 Å². The van der Waals surface area contributed by atoms with Crippen LogP contribution in [0.2, 0.25) is 5.02 Å². The molecule has 0 bridgehead atoms. The number of rotatable bonds is 3. The third-order valence-corrected chi connectivity index (χ3v) is 2.18. The monoisotopic (exact) mass is 261 g/mol. The Morgan fingerprint density at radius 1 is 1.62 bits per heavy atom. The fourth-order valence-corrected chi connectivity index (χ4v) is 1.50.